The van der Waals surface area contributed by atoms with Crippen LogP contribution in [0.15, 0.2) is 18.2 Å². The maximum atomic E-state index is 8.49. The Morgan fingerprint density at radius 2 is 2.31 bits per heavy atom. The van der Waals surface area contributed by atoms with Gasteiger partial charge in [-0.3, -0.25) is 0 Å². The summed E-state index contributed by atoms with van der Waals surface area (Å²) in [5.74, 6) is 0.606. The number of para-hydroxylation sites is 1. The van der Waals surface area contributed by atoms with Crippen molar-refractivity contribution in [3.8, 4) is 11.8 Å². The van der Waals surface area contributed by atoms with Gasteiger partial charge in [-0.25, -0.2) is 0 Å². The first-order valence-electron chi connectivity index (χ1n) is 5.27. The smallest absolute Gasteiger partial charge is 0.174 e. The third kappa shape index (κ3) is 3.73. The van der Waals surface area contributed by atoms with Gasteiger partial charge < -0.3 is 10.1 Å². The molecule has 86 valence electrons. The summed E-state index contributed by atoms with van der Waals surface area (Å²) < 4.78 is 5.31. The Balaban J connectivity index is 2.73. The quantitative estimate of drug-likeness (QED) is 0.776. The van der Waals surface area contributed by atoms with E-state index in [1.807, 2.05) is 18.2 Å². The molecule has 0 fully saturated rings. The first-order valence-corrected chi connectivity index (χ1v) is 5.65. The van der Waals surface area contributed by atoms with Crippen LogP contribution in [0.3, 0.4) is 0 Å². The van der Waals surface area contributed by atoms with E-state index in [0.29, 0.717) is 17.3 Å². The Morgan fingerprint density at radius 3 is 3.00 bits per heavy atom. The van der Waals surface area contributed by atoms with Crippen molar-refractivity contribution in [2.45, 2.75) is 19.9 Å². The van der Waals surface area contributed by atoms with Crippen LogP contribution >= 0.6 is 11.6 Å². The third-order valence-corrected chi connectivity index (χ3v) is 2.37. The molecule has 3 nitrogen and oxygen atoms in total. The first-order chi connectivity index (χ1) is 7.79. The van der Waals surface area contributed by atoms with Crippen molar-refractivity contribution in [3.05, 3.63) is 28.8 Å². The average molecular weight is 239 g/mol. The van der Waals surface area contributed by atoms with Crippen LogP contribution < -0.4 is 10.1 Å². The van der Waals surface area contributed by atoms with E-state index in [4.69, 9.17) is 21.6 Å². The molecule has 0 radical (unpaired) electrons. The van der Waals surface area contributed by atoms with Crippen LogP contribution in [0.25, 0.3) is 0 Å². The molecule has 16 heavy (non-hydrogen) atoms. The fraction of sp³-hybridized carbons (Fsp3) is 0.417. The summed E-state index contributed by atoms with van der Waals surface area (Å²) in [5, 5.41) is 12.3. The van der Waals surface area contributed by atoms with Gasteiger partial charge in [0.2, 0.25) is 0 Å². The van der Waals surface area contributed by atoms with E-state index >= 15 is 0 Å². The first kappa shape index (κ1) is 12.8. The van der Waals surface area contributed by atoms with Gasteiger partial charge in [0, 0.05) is 12.1 Å². The summed E-state index contributed by atoms with van der Waals surface area (Å²) in [4.78, 5) is 0. The van der Waals surface area contributed by atoms with Gasteiger partial charge in [0.05, 0.1) is 5.02 Å². The molecule has 1 aromatic rings. The van der Waals surface area contributed by atoms with Crippen LogP contribution in [0.4, 0.5) is 0 Å². The molecule has 0 saturated carbocycles. The van der Waals surface area contributed by atoms with E-state index < -0.39 is 0 Å². The zero-order valence-corrected chi connectivity index (χ0v) is 10.0. The SMILES string of the molecule is CCCNCc1cccc(Cl)c1OCC#N. The van der Waals surface area contributed by atoms with Crippen LogP contribution in [-0.4, -0.2) is 13.2 Å². The maximum absolute atomic E-state index is 8.49. The van der Waals surface area contributed by atoms with Crippen molar-refractivity contribution in [1.29, 1.82) is 5.26 Å². The molecule has 0 atom stereocenters. The van der Waals surface area contributed by atoms with E-state index in [-0.39, 0.29) is 6.61 Å². The zero-order chi connectivity index (χ0) is 11.8. The van der Waals surface area contributed by atoms with Gasteiger partial charge in [-0.05, 0) is 19.0 Å². The van der Waals surface area contributed by atoms with Crippen molar-refractivity contribution >= 4 is 11.6 Å². The Kier molecular flexibility index (Phi) is 5.69. The van der Waals surface area contributed by atoms with Crippen molar-refractivity contribution in [2.24, 2.45) is 0 Å². The molecule has 0 aliphatic rings. The van der Waals surface area contributed by atoms with Crippen molar-refractivity contribution in [1.82, 2.24) is 5.32 Å². The van der Waals surface area contributed by atoms with Gasteiger partial charge in [-0.15, -0.1) is 0 Å². The number of nitriles is 1. The summed E-state index contributed by atoms with van der Waals surface area (Å²) in [6.45, 7) is 3.78. The van der Waals surface area contributed by atoms with Crippen LogP contribution in [0, 0.1) is 11.3 Å². The van der Waals surface area contributed by atoms with Crippen LogP contribution in [-0.2, 0) is 6.54 Å². The molecule has 0 aliphatic carbocycles. The lowest BCUT2D eigenvalue weighted by atomic mass is 10.2. The molecule has 0 heterocycles. The number of hydrogen-bond acceptors (Lipinski definition) is 3. The van der Waals surface area contributed by atoms with Gasteiger partial charge in [0.25, 0.3) is 0 Å². The van der Waals surface area contributed by atoms with Crippen LogP contribution in [0.1, 0.15) is 18.9 Å². The summed E-state index contributed by atoms with van der Waals surface area (Å²) in [6.07, 6.45) is 1.08. The monoisotopic (exact) mass is 238 g/mol. The number of halogens is 1. The molecule has 1 rings (SSSR count). The Morgan fingerprint density at radius 1 is 1.50 bits per heavy atom. The molecule has 1 N–H and O–H groups in total. The molecule has 0 unspecified atom stereocenters. The molecule has 0 bridgehead atoms. The molecule has 0 saturated heterocycles. The molecule has 0 amide bonds. The molecule has 0 spiro atoms. The highest BCUT2D eigenvalue weighted by Crippen LogP contribution is 2.28. The van der Waals surface area contributed by atoms with E-state index in [0.717, 1.165) is 18.5 Å². The Hall–Kier alpha value is -1.24. The molecule has 1 aromatic carbocycles. The second-order valence-corrected chi connectivity index (χ2v) is 3.76. The number of nitrogens with one attached hydrogen (secondary N) is 1. The third-order valence-electron chi connectivity index (χ3n) is 2.07. The highest BCUT2D eigenvalue weighted by molar-refractivity contribution is 6.32. The molecular weight excluding hydrogens is 224 g/mol. The summed E-state index contributed by atoms with van der Waals surface area (Å²) >= 11 is 6.02. The highest BCUT2D eigenvalue weighted by Gasteiger charge is 2.07. The largest absolute Gasteiger partial charge is 0.477 e. The highest BCUT2D eigenvalue weighted by atomic mass is 35.5. The second-order valence-electron chi connectivity index (χ2n) is 3.35. The number of nitrogens with zero attached hydrogens (tertiary/aromatic N) is 1. The van der Waals surface area contributed by atoms with E-state index in [1.54, 1.807) is 6.07 Å². The fourth-order valence-electron chi connectivity index (χ4n) is 1.36. The van der Waals surface area contributed by atoms with E-state index in [2.05, 4.69) is 12.2 Å². The minimum atomic E-state index is 0.0184. The normalized spacial score (nSPS) is 9.81. The minimum absolute atomic E-state index is 0.0184. The van der Waals surface area contributed by atoms with Gasteiger partial charge in [-0.2, -0.15) is 5.26 Å². The number of ether oxygens (including phenoxy) is 1. The van der Waals surface area contributed by atoms with Crippen molar-refractivity contribution in [3.63, 3.8) is 0 Å². The van der Waals surface area contributed by atoms with E-state index in [9.17, 15) is 0 Å². The van der Waals surface area contributed by atoms with Gasteiger partial charge in [0.15, 0.2) is 6.61 Å². The summed E-state index contributed by atoms with van der Waals surface area (Å²) in [5.41, 5.74) is 0.983. The Bertz CT molecular complexity index is 374. The summed E-state index contributed by atoms with van der Waals surface area (Å²) in [6, 6.07) is 7.52. The predicted molar refractivity (Wildman–Crippen MR) is 64.6 cm³/mol. The number of hydrogen-bond donors (Lipinski definition) is 1. The number of rotatable bonds is 6. The fourth-order valence-corrected chi connectivity index (χ4v) is 1.61. The lowest BCUT2D eigenvalue weighted by molar-refractivity contribution is 0.363. The molecule has 0 aliphatic heterocycles. The molecule has 4 heteroatoms. The minimum Gasteiger partial charge on any atom is -0.477 e. The predicted octanol–water partition coefficient (Wildman–Crippen LogP) is 2.74. The van der Waals surface area contributed by atoms with Gasteiger partial charge >= 0.3 is 0 Å². The lowest BCUT2D eigenvalue weighted by Gasteiger charge is -2.11. The number of benzene rings is 1. The zero-order valence-electron chi connectivity index (χ0n) is 9.29. The van der Waals surface area contributed by atoms with Gasteiger partial charge in [0.1, 0.15) is 11.8 Å². The molecular formula is C12H15ClN2O. The topological polar surface area (TPSA) is 45.0 Å². The van der Waals surface area contributed by atoms with E-state index in [1.165, 1.54) is 0 Å². The van der Waals surface area contributed by atoms with Gasteiger partial charge in [-0.1, -0.05) is 30.7 Å². The van der Waals surface area contributed by atoms with Crippen LogP contribution in [0.5, 0.6) is 5.75 Å². The molecule has 0 aromatic heterocycles. The standard InChI is InChI=1S/C12H15ClN2O/c1-2-7-15-9-10-4-3-5-11(13)12(10)16-8-6-14/h3-5,15H,2,7-9H2,1H3. The maximum Gasteiger partial charge on any atom is 0.174 e. The van der Waals surface area contributed by atoms with Crippen molar-refractivity contribution < 1.29 is 4.74 Å². The Labute approximate surface area is 101 Å². The second kappa shape index (κ2) is 7.10. The average Bonchev–Trinajstić information content (AvgIpc) is 2.28. The summed E-state index contributed by atoms with van der Waals surface area (Å²) in [7, 11) is 0. The lowest BCUT2D eigenvalue weighted by Crippen LogP contribution is -2.14. The van der Waals surface area contributed by atoms with Crippen LogP contribution in [0.2, 0.25) is 5.02 Å². The van der Waals surface area contributed by atoms with Crippen molar-refractivity contribution in [2.75, 3.05) is 13.2 Å².